The number of sulfonamides is 1. The number of carbonyl (C=O) groups excluding carboxylic acids is 2. The molecule has 0 aliphatic rings. The Labute approximate surface area is 162 Å². The summed E-state index contributed by atoms with van der Waals surface area (Å²) >= 11 is 0. The van der Waals surface area contributed by atoms with Crippen LogP contribution in [0.5, 0.6) is 0 Å². The van der Waals surface area contributed by atoms with Crippen molar-refractivity contribution in [2.45, 2.75) is 31.7 Å². The molecule has 0 bridgehead atoms. The van der Waals surface area contributed by atoms with Crippen LogP contribution in [0, 0.1) is 0 Å². The highest BCUT2D eigenvalue weighted by Gasteiger charge is 2.21. The number of carbonyl (C=O) groups is 2. The lowest BCUT2D eigenvalue weighted by Gasteiger charge is -2.19. The Morgan fingerprint density at radius 2 is 1.59 bits per heavy atom. The molecule has 0 radical (unpaired) electrons. The lowest BCUT2D eigenvalue weighted by Crippen LogP contribution is -2.40. The second-order valence-corrected chi connectivity index (χ2v) is 8.26. The topological polar surface area (TPSA) is 98.8 Å². The monoisotopic (exact) mass is 398 g/mol. The summed E-state index contributed by atoms with van der Waals surface area (Å²) in [5.41, 5.74) is 0.866. The predicted molar refractivity (Wildman–Crippen MR) is 105 cm³/mol. The number of nitrogens with one attached hydrogen (secondary N) is 2. The van der Waals surface area contributed by atoms with Crippen molar-refractivity contribution in [1.29, 1.82) is 0 Å². The van der Waals surface area contributed by atoms with Gasteiger partial charge in [0.15, 0.2) is 0 Å². The lowest BCUT2D eigenvalue weighted by molar-refractivity contribution is -0.130. The number of likely N-dealkylation sites (N-methyl/N-ethyl adjacent to an activating group) is 1. The van der Waals surface area contributed by atoms with Crippen LogP contribution in [0.25, 0.3) is 0 Å². The molecule has 0 spiro atoms. The summed E-state index contributed by atoms with van der Waals surface area (Å²) in [7, 11) is -0.231. The number of hydrogen-bond donors (Lipinski definition) is 2. The van der Waals surface area contributed by atoms with Crippen LogP contribution >= 0.6 is 0 Å². The fourth-order valence-electron chi connectivity index (χ4n) is 2.40. The molecule has 0 fully saturated rings. The van der Waals surface area contributed by atoms with Gasteiger partial charge in [-0.25, -0.2) is 8.42 Å². The number of hydrogen-bond acceptors (Lipinski definition) is 5. The minimum absolute atomic E-state index is 0.0419. The molecule has 1 rings (SSSR count). The molecule has 2 N–H and O–H groups in total. The molecule has 0 aliphatic heterocycles. The van der Waals surface area contributed by atoms with Crippen LogP contribution in [0.4, 0.5) is 0 Å². The van der Waals surface area contributed by atoms with E-state index in [1.54, 1.807) is 52.2 Å². The van der Waals surface area contributed by atoms with Crippen molar-refractivity contribution in [3.05, 3.63) is 29.8 Å². The number of amides is 2. The molecule has 0 aromatic heterocycles. The highest BCUT2D eigenvalue weighted by Crippen LogP contribution is 2.19. The van der Waals surface area contributed by atoms with E-state index in [0.29, 0.717) is 13.1 Å². The van der Waals surface area contributed by atoms with Gasteiger partial charge in [0, 0.05) is 33.2 Å². The van der Waals surface area contributed by atoms with E-state index < -0.39 is 10.0 Å². The summed E-state index contributed by atoms with van der Waals surface area (Å²) < 4.78 is 26.4. The Kier molecular flexibility index (Phi) is 8.87. The predicted octanol–water partition coefficient (Wildman–Crippen LogP) is 0.572. The van der Waals surface area contributed by atoms with Crippen LogP contribution in [0.15, 0.2) is 29.2 Å². The minimum Gasteiger partial charge on any atom is -0.347 e. The molecule has 1 aromatic carbocycles. The van der Waals surface area contributed by atoms with Crippen molar-refractivity contribution >= 4 is 21.8 Å². The van der Waals surface area contributed by atoms with Crippen LogP contribution in [0.1, 0.15) is 32.4 Å². The van der Waals surface area contributed by atoms with Gasteiger partial charge in [0.2, 0.25) is 21.8 Å². The van der Waals surface area contributed by atoms with E-state index in [-0.39, 0.29) is 35.8 Å². The zero-order valence-electron chi connectivity index (χ0n) is 16.7. The van der Waals surface area contributed by atoms with E-state index in [1.165, 1.54) is 9.21 Å². The van der Waals surface area contributed by atoms with Gasteiger partial charge in [0.05, 0.1) is 18.0 Å². The second-order valence-electron chi connectivity index (χ2n) is 6.33. The third-order valence-corrected chi connectivity index (χ3v) is 6.29. The Morgan fingerprint density at radius 1 is 1.04 bits per heavy atom. The van der Waals surface area contributed by atoms with Gasteiger partial charge in [-0.15, -0.1) is 0 Å². The summed E-state index contributed by atoms with van der Waals surface area (Å²) in [5.74, 6) is -0.459. The molecular formula is C18H30N4O4S. The van der Waals surface area contributed by atoms with Crippen LogP contribution < -0.4 is 10.6 Å². The van der Waals surface area contributed by atoms with Crippen LogP contribution in [0.3, 0.4) is 0 Å². The number of benzene rings is 1. The van der Waals surface area contributed by atoms with Gasteiger partial charge < -0.3 is 15.5 Å². The van der Waals surface area contributed by atoms with Crippen molar-refractivity contribution in [1.82, 2.24) is 19.8 Å². The molecule has 0 unspecified atom stereocenters. The van der Waals surface area contributed by atoms with Crippen molar-refractivity contribution in [3.8, 4) is 0 Å². The zero-order chi connectivity index (χ0) is 20.6. The summed E-state index contributed by atoms with van der Waals surface area (Å²) in [4.78, 5) is 24.9. The fourth-order valence-corrected chi connectivity index (χ4v) is 3.86. The van der Waals surface area contributed by atoms with Crippen LogP contribution in [-0.2, 0) is 19.6 Å². The van der Waals surface area contributed by atoms with Gasteiger partial charge in [0.1, 0.15) is 0 Å². The average Bonchev–Trinajstić information content (AvgIpc) is 2.64. The third-order valence-electron chi connectivity index (χ3n) is 4.23. The lowest BCUT2D eigenvalue weighted by atomic mass is 10.1. The van der Waals surface area contributed by atoms with Crippen molar-refractivity contribution in [3.63, 3.8) is 0 Å². The first-order valence-corrected chi connectivity index (χ1v) is 10.4. The summed E-state index contributed by atoms with van der Waals surface area (Å²) in [5, 5.41) is 5.61. The van der Waals surface area contributed by atoms with Gasteiger partial charge in [0.25, 0.3) is 0 Å². The smallest absolute Gasteiger partial charge is 0.243 e. The number of rotatable bonds is 10. The minimum atomic E-state index is -3.48. The molecule has 9 heteroatoms. The fraction of sp³-hybridized carbons (Fsp3) is 0.556. The maximum absolute atomic E-state index is 12.5. The van der Waals surface area contributed by atoms with Crippen molar-refractivity contribution < 1.29 is 18.0 Å². The molecule has 152 valence electrons. The Morgan fingerprint density at radius 3 is 2.07 bits per heavy atom. The Bertz CT molecular complexity index is 728. The van der Waals surface area contributed by atoms with Gasteiger partial charge in [-0.2, -0.15) is 4.31 Å². The van der Waals surface area contributed by atoms with E-state index in [1.807, 2.05) is 6.92 Å². The summed E-state index contributed by atoms with van der Waals surface area (Å²) in [6.45, 7) is 6.35. The molecular weight excluding hydrogens is 368 g/mol. The quantitative estimate of drug-likeness (QED) is 0.600. The molecule has 0 aliphatic carbocycles. The van der Waals surface area contributed by atoms with E-state index in [0.717, 1.165) is 5.56 Å². The molecule has 27 heavy (non-hydrogen) atoms. The second kappa shape index (κ2) is 10.4. The normalized spacial score (nSPS) is 12.7. The zero-order valence-corrected chi connectivity index (χ0v) is 17.5. The SMILES string of the molecule is CCN(CC)S(=O)(=O)c1ccc([C@@H](C)NCC(=O)NCC(=O)N(C)C)cc1. The molecule has 0 heterocycles. The molecule has 1 atom stereocenters. The van der Waals surface area contributed by atoms with Gasteiger partial charge in [-0.3, -0.25) is 9.59 Å². The first kappa shape index (κ1) is 23.1. The summed E-state index contributed by atoms with van der Waals surface area (Å²) in [6, 6.07) is 6.49. The van der Waals surface area contributed by atoms with E-state index in [9.17, 15) is 18.0 Å². The first-order chi connectivity index (χ1) is 12.6. The van der Waals surface area contributed by atoms with Gasteiger partial charge >= 0.3 is 0 Å². The van der Waals surface area contributed by atoms with Crippen LogP contribution in [-0.4, -0.2) is 69.7 Å². The largest absolute Gasteiger partial charge is 0.347 e. The highest BCUT2D eigenvalue weighted by atomic mass is 32.2. The Hall–Kier alpha value is -1.97. The Balaban J connectivity index is 2.63. The summed E-state index contributed by atoms with van der Waals surface area (Å²) in [6.07, 6.45) is 0. The molecule has 1 aromatic rings. The van der Waals surface area contributed by atoms with Crippen molar-refractivity contribution in [2.24, 2.45) is 0 Å². The van der Waals surface area contributed by atoms with E-state index in [2.05, 4.69) is 10.6 Å². The van der Waals surface area contributed by atoms with E-state index >= 15 is 0 Å². The molecule has 2 amide bonds. The van der Waals surface area contributed by atoms with Gasteiger partial charge in [-0.1, -0.05) is 26.0 Å². The first-order valence-electron chi connectivity index (χ1n) is 8.93. The highest BCUT2D eigenvalue weighted by molar-refractivity contribution is 7.89. The third kappa shape index (κ3) is 6.60. The molecule has 8 nitrogen and oxygen atoms in total. The standard InChI is InChI=1S/C18H30N4O4S/c1-6-22(7-2)27(25,26)16-10-8-15(9-11-16)14(3)19-12-17(23)20-13-18(24)21(4)5/h8-11,14,19H,6-7,12-13H2,1-5H3,(H,20,23)/t14-/m1/s1. The maximum atomic E-state index is 12.5. The molecule has 0 saturated carbocycles. The van der Waals surface area contributed by atoms with E-state index in [4.69, 9.17) is 0 Å². The maximum Gasteiger partial charge on any atom is 0.243 e. The molecule has 0 saturated heterocycles. The van der Waals surface area contributed by atoms with Crippen molar-refractivity contribution in [2.75, 3.05) is 40.3 Å². The average molecular weight is 399 g/mol. The number of nitrogens with zero attached hydrogens (tertiary/aromatic N) is 2. The van der Waals surface area contributed by atoms with Gasteiger partial charge in [-0.05, 0) is 24.6 Å². The van der Waals surface area contributed by atoms with Crippen LogP contribution in [0.2, 0.25) is 0 Å².